The lowest BCUT2D eigenvalue weighted by Gasteiger charge is -2.17. The molecule has 0 saturated carbocycles. The van der Waals surface area contributed by atoms with E-state index in [0.29, 0.717) is 23.0 Å². The summed E-state index contributed by atoms with van der Waals surface area (Å²) in [5, 5.41) is 4.70. The average molecular weight is 364 g/mol. The topological polar surface area (TPSA) is 61.4 Å². The summed E-state index contributed by atoms with van der Waals surface area (Å²) in [7, 11) is -0.266. The second-order valence-electron chi connectivity index (χ2n) is 5.23. The lowest BCUT2D eigenvalue weighted by Crippen LogP contribution is -2.36. The predicted molar refractivity (Wildman–Crippen MR) is 84.9 cm³/mol. The van der Waals surface area contributed by atoms with Gasteiger partial charge in [0.25, 0.3) is 10.0 Å². The Morgan fingerprint density at radius 3 is 2.40 bits per heavy atom. The van der Waals surface area contributed by atoms with Gasteiger partial charge in [0.2, 0.25) is 0 Å². The molecule has 0 fully saturated rings. The Labute approximate surface area is 129 Å². The third-order valence-corrected chi connectivity index (χ3v) is 5.10. The van der Waals surface area contributed by atoms with E-state index in [9.17, 15) is 8.42 Å². The molecule has 2 N–H and O–H groups in total. The maximum absolute atomic E-state index is 12.3. The molecule has 114 valence electrons. The van der Waals surface area contributed by atoms with Crippen molar-refractivity contribution in [2.45, 2.75) is 38.3 Å². The number of sulfonamides is 1. The van der Waals surface area contributed by atoms with Crippen LogP contribution in [0.3, 0.4) is 0 Å². The van der Waals surface area contributed by atoms with Crippen LogP contribution in [0.1, 0.15) is 25.0 Å². The van der Waals surface area contributed by atoms with Gasteiger partial charge in [0.1, 0.15) is 0 Å². The molecular formula is C13H22BrN3O2S. The Bertz CT molecular complexity index is 571. The number of hydrazine groups is 1. The van der Waals surface area contributed by atoms with Crippen LogP contribution in [-0.4, -0.2) is 33.6 Å². The van der Waals surface area contributed by atoms with Gasteiger partial charge in [0.05, 0.1) is 4.90 Å². The summed E-state index contributed by atoms with van der Waals surface area (Å²) in [4.78, 5) is 2.75. The molecular weight excluding hydrogens is 342 g/mol. The molecule has 1 aromatic rings. The van der Waals surface area contributed by atoms with Crippen molar-refractivity contribution in [3.8, 4) is 0 Å². The molecule has 0 amide bonds. The first-order chi connectivity index (χ1) is 9.13. The van der Waals surface area contributed by atoms with Crippen molar-refractivity contribution in [2.24, 2.45) is 0 Å². The lowest BCUT2D eigenvalue weighted by molar-refractivity contribution is 0.364. The van der Waals surface area contributed by atoms with Gasteiger partial charge in [0, 0.05) is 31.2 Å². The molecule has 0 atom stereocenters. The van der Waals surface area contributed by atoms with E-state index in [-0.39, 0.29) is 0 Å². The smallest absolute Gasteiger partial charge is 0.253 e. The number of nitrogens with one attached hydrogen (secondary N) is 2. The number of hydrogen-bond donors (Lipinski definition) is 2. The van der Waals surface area contributed by atoms with Crippen molar-refractivity contribution in [1.82, 2.24) is 15.2 Å². The summed E-state index contributed by atoms with van der Waals surface area (Å²) >= 11 is 3.43. The molecule has 0 radical (unpaired) electrons. The van der Waals surface area contributed by atoms with Crippen LogP contribution < -0.4 is 10.1 Å². The van der Waals surface area contributed by atoms with Gasteiger partial charge >= 0.3 is 0 Å². The minimum absolute atomic E-state index is 0.293. The molecule has 5 nitrogen and oxygen atoms in total. The van der Waals surface area contributed by atoms with Gasteiger partial charge in [-0.05, 0) is 30.2 Å². The molecule has 0 aliphatic heterocycles. The van der Waals surface area contributed by atoms with Gasteiger partial charge in [-0.3, -0.25) is 0 Å². The van der Waals surface area contributed by atoms with Crippen molar-refractivity contribution >= 4 is 26.0 Å². The molecule has 0 bridgehead atoms. The highest BCUT2D eigenvalue weighted by Gasteiger charge is 2.20. The van der Waals surface area contributed by atoms with Crippen molar-refractivity contribution in [1.29, 1.82) is 0 Å². The minimum Gasteiger partial charge on any atom is -0.310 e. The first-order valence-electron chi connectivity index (χ1n) is 6.35. The standard InChI is InChI=1S/C13H22BrN3O2S/c1-9(2)15-8-11-6-12(14)10(3)13(7-11)20(18,19)16-17(4)5/h6-7,9,15-16H,8H2,1-5H3. The van der Waals surface area contributed by atoms with E-state index in [0.717, 1.165) is 10.0 Å². The quantitative estimate of drug-likeness (QED) is 0.759. The summed E-state index contributed by atoms with van der Waals surface area (Å²) in [5.41, 5.74) is 1.63. The maximum atomic E-state index is 12.3. The third kappa shape index (κ3) is 4.82. The number of benzene rings is 1. The van der Waals surface area contributed by atoms with Gasteiger partial charge in [-0.2, -0.15) is 0 Å². The van der Waals surface area contributed by atoms with Crippen LogP contribution >= 0.6 is 15.9 Å². The second kappa shape index (κ2) is 7.00. The zero-order chi connectivity index (χ0) is 15.5. The molecule has 0 aliphatic rings. The van der Waals surface area contributed by atoms with Crippen LogP contribution in [0, 0.1) is 6.92 Å². The van der Waals surface area contributed by atoms with Gasteiger partial charge in [-0.25, -0.2) is 13.4 Å². The monoisotopic (exact) mass is 363 g/mol. The van der Waals surface area contributed by atoms with E-state index >= 15 is 0 Å². The molecule has 1 aromatic carbocycles. The van der Waals surface area contributed by atoms with Crippen LogP contribution in [0.5, 0.6) is 0 Å². The predicted octanol–water partition coefficient (Wildman–Crippen LogP) is 2.01. The minimum atomic E-state index is -3.56. The molecule has 0 saturated heterocycles. The highest BCUT2D eigenvalue weighted by atomic mass is 79.9. The summed E-state index contributed by atoms with van der Waals surface area (Å²) in [6.07, 6.45) is 0. The Morgan fingerprint density at radius 2 is 1.90 bits per heavy atom. The van der Waals surface area contributed by atoms with Gasteiger partial charge < -0.3 is 5.32 Å². The fourth-order valence-corrected chi connectivity index (χ4v) is 3.74. The van der Waals surface area contributed by atoms with Gasteiger partial charge in [-0.15, -0.1) is 4.83 Å². The Morgan fingerprint density at radius 1 is 1.30 bits per heavy atom. The van der Waals surface area contributed by atoms with Crippen molar-refractivity contribution < 1.29 is 8.42 Å². The number of nitrogens with zero attached hydrogens (tertiary/aromatic N) is 1. The van der Waals surface area contributed by atoms with E-state index in [1.54, 1.807) is 27.1 Å². The van der Waals surface area contributed by atoms with Crippen molar-refractivity contribution in [3.63, 3.8) is 0 Å². The molecule has 0 unspecified atom stereocenters. The van der Waals surface area contributed by atoms with E-state index < -0.39 is 10.0 Å². The largest absolute Gasteiger partial charge is 0.310 e. The second-order valence-corrected chi connectivity index (χ2v) is 7.71. The molecule has 0 spiro atoms. The van der Waals surface area contributed by atoms with Crippen molar-refractivity contribution in [3.05, 3.63) is 27.7 Å². The Hall–Kier alpha value is -0.470. The van der Waals surface area contributed by atoms with Crippen LogP contribution in [0.2, 0.25) is 0 Å². The molecule has 0 aromatic heterocycles. The summed E-state index contributed by atoms with van der Waals surface area (Å²) < 4.78 is 25.4. The summed E-state index contributed by atoms with van der Waals surface area (Å²) in [5.74, 6) is 0. The number of rotatable bonds is 6. The SMILES string of the molecule is Cc1c(Br)cc(CNC(C)C)cc1S(=O)(=O)NN(C)C. The maximum Gasteiger partial charge on any atom is 0.253 e. The first-order valence-corrected chi connectivity index (χ1v) is 8.63. The normalized spacial score (nSPS) is 12.4. The van der Waals surface area contributed by atoms with Gasteiger partial charge in [0.15, 0.2) is 0 Å². The highest BCUT2D eigenvalue weighted by Crippen LogP contribution is 2.25. The van der Waals surface area contributed by atoms with Gasteiger partial charge in [-0.1, -0.05) is 29.8 Å². The molecule has 20 heavy (non-hydrogen) atoms. The van der Waals surface area contributed by atoms with Crippen LogP contribution in [0.15, 0.2) is 21.5 Å². The van der Waals surface area contributed by atoms with E-state index in [2.05, 4.69) is 39.9 Å². The fraction of sp³-hybridized carbons (Fsp3) is 0.538. The lowest BCUT2D eigenvalue weighted by atomic mass is 10.1. The first kappa shape index (κ1) is 17.6. The van der Waals surface area contributed by atoms with Crippen molar-refractivity contribution in [2.75, 3.05) is 14.1 Å². The summed E-state index contributed by atoms with van der Waals surface area (Å²) in [6, 6.07) is 4.00. The Kier molecular flexibility index (Phi) is 6.15. The summed E-state index contributed by atoms with van der Waals surface area (Å²) in [6.45, 7) is 6.51. The third-order valence-electron chi connectivity index (χ3n) is 2.66. The number of hydrogen-bond acceptors (Lipinski definition) is 4. The van der Waals surface area contributed by atoms with Crippen LogP contribution in [0.25, 0.3) is 0 Å². The Balaban J connectivity index is 3.19. The molecule has 1 rings (SSSR count). The molecule has 0 aliphatic carbocycles. The van der Waals surface area contributed by atoms with E-state index in [1.165, 1.54) is 5.01 Å². The zero-order valence-electron chi connectivity index (χ0n) is 12.5. The zero-order valence-corrected chi connectivity index (χ0v) is 14.9. The van der Waals surface area contributed by atoms with E-state index in [4.69, 9.17) is 0 Å². The average Bonchev–Trinajstić information content (AvgIpc) is 2.28. The molecule has 7 heteroatoms. The molecule has 0 heterocycles. The van der Waals surface area contributed by atoms with Crippen LogP contribution in [-0.2, 0) is 16.6 Å². The number of halogens is 1. The van der Waals surface area contributed by atoms with Crippen LogP contribution in [0.4, 0.5) is 0 Å². The highest BCUT2D eigenvalue weighted by molar-refractivity contribution is 9.10. The van der Waals surface area contributed by atoms with E-state index in [1.807, 2.05) is 6.07 Å². The fourth-order valence-electron chi connectivity index (χ4n) is 1.70.